The lowest BCUT2D eigenvalue weighted by atomic mass is 9.93. The summed E-state index contributed by atoms with van der Waals surface area (Å²) in [5.74, 6) is 1.03. The molecule has 0 unspecified atom stereocenters. The third-order valence-corrected chi connectivity index (χ3v) is 4.03. The lowest BCUT2D eigenvalue weighted by Gasteiger charge is -2.21. The number of ether oxygens (including phenoxy) is 1. The summed E-state index contributed by atoms with van der Waals surface area (Å²) in [4.78, 5) is 11.9. The Morgan fingerprint density at radius 3 is 2.53 bits per heavy atom. The minimum absolute atomic E-state index is 0.226. The van der Waals surface area contributed by atoms with Gasteiger partial charge in [0, 0.05) is 30.2 Å². The van der Waals surface area contributed by atoms with Crippen LogP contribution >= 0.6 is 11.6 Å². The summed E-state index contributed by atoms with van der Waals surface area (Å²) in [6, 6.07) is 7.17. The largest absolute Gasteiger partial charge is 0.381 e. The number of carbonyl (C=O) groups is 1. The summed E-state index contributed by atoms with van der Waals surface area (Å²) >= 11 is 5.81. The molecule has 0 amide bonds. The molecule has 1 aliphatic rings. The van der Waals surface area contributed by atoms with Crippen molar-refractivity contribution in [1.82, 2.24) is 0 Å². The van der Waals surface area contributed by atoms with Crippen LogP contribution in [0.3, 0.4) is 0 Å². The van der Waals surface area contributed by atoms with Crippen LogP contribution in [0.4, 0.5) is 0 Å². The van der Waals surface area contributed by atoms with Gasteiger partial charge in [-0.15, -0.1) is 0 Å². The first-order valence-corrected chi connectivity index (χ1v) is 7.50. The van der Waals surface area contributed by atoms with E-state index in [0.717, 1.165) is 37.5 Å². The maximum atomic E-state index is 11.9. The maximum absolute atomic E-state index is 11.9. The molecule has 1 heterocycles. The summed E-state index contributed by atoms with van der Waals surface area (Å²) in [7, 11) is 0. The second-order valence-electron chi connectivity index (χ2n) is 5.23. The molecule has 3 heteroatoms. The first kappa shape index (κ1) is 14.5. The first-order chi connectivity index (χ1) is 9.25. The van der Waals surface area contributed by atoms with Crippen LogP contribution in [0, 0.1) is 5.92 Å². The number of ketones is 1. The first-order valence-electron chi connectivity index (χ1n) is 7.12. The molecule has 0 atom stereocenters. The quantitative estimate of drug-likeness (QED) is 0.566. The Hall–Kier alpha value is -0.860. The monoisotopic (exact) mass is 280 g/mol. The zero-order valence-corrected chi connectivity index (χ0v) is 12.0. The number of carbonyl (C=O) groups excluding carboxylic acids is 1. The van der Waals surface area contributed by atoms with Gasteiger partial charge in [-0.2, -0.15) is 0 Å². The van der Waals surface area contributed by atoms with E-state index in [1.165, 1.54) is 19.3 Å². The fourth-order valence-electron chi connectivity index (χ4n) is 2.53. The number of benzene rings is 1. The molecule has 1 aromatic carbocycles. The second-order valence-corrected chi connectivity index (χ2v) is 5.67. The molecule has 19 heavy (non-hydrogen) atoms. The minimum atomic E-state index is 0.226. The third-order valence-electron chi connectivity index (χ3n) is 3.77. The lowest BCUT2D eigenvalue weighted by molar-refractivity contribution is 0.0630. The van der Waals surface area contributed by atoms with Gasteiger partial charge >= 0.3 is 0 Å². The summed E-state index contributed by atoms with van der Waals surface area (Å²) < 4.78 is 5.35. The molecule has 0 aromatic heterocycles. The molecule has 0 saturated carbocycles. The van der Waals surface area contributed by atoms with Crippen LogP contribution in [0.5, 0.6) is 0 Å². The Balaban J connectivity index is 1.64. The second kappa shape index (κ2) is 7.66. The van der Waals surface area contributed by atoms with Gasteiger partial charge in [-0.05, 0) is 49.4 Å². The average molecular weight is 281 g/mol. The van der Waals surface area contributed by atoms with E-state index in [4.69, 9.17) is 16.3 Å². The standard InChI is InChI=1S/C16H21ClO2/c17-15-7-5-14(6-8-15)16(18)4-2-1-3-13-9-11-19-12-10-13/h5-8,13H,1-4,9-12H2. The molecular formula is C16H21ClO2. The average Bonchev–Trinajstić information content (AvgIpc) is 2.45. The fraction of sp³-hybridized carbons (Fsp3) is 0.562. The van der Waals surface area contributed by atoms with Crippen LogP contribution in [0.15, 0.2) is 24.3 Å². The molecule has 0 spiro atoms. The molecule has 1 aliphatic heterocycles. The highest BCUT2D eigenvalue weighted by Crippen LogP contribution is 2.21. The summed E-state index contributed by atoms with van der Waals surface area (Å²) in [5, 5.41) is 0.677. The molecule has 1 fully saturated rings. The number of unbranched alkanes of at least 4 members (excludes halogenated alkanes) is 1. The van der Waals surface area contributed by atoms with Crippen molar-refractivity contribution >= 4 is 17.4 Å². The van der Waals surface area contributed by atoms with Gasteiger partial charge in [0.15, 0.2) is 5.78 Å². The van der Waals surface area contributed by atoms with E-state index < -0.39 is 0 Å². The third kappa shape index (κ3) is 4.96. The van der Waals surface area contributed by atoms with Gasteiger partial charge in [0.1, 0.15) is 0 Å². The Kier molecular flexibility index (Phi) is 5.87. The van der Waals surface area contributed by atoms with Gasteiger partial charge in [0.2, 0.25) is 0 Å². The summed E-state index contributed by atoms with van der Waals surface area (Å²) in [5.41, 5.74) is 0.774. The van der Waals surface area contributed by atoms with Crippen LogP contribution in [-0.2, 0) is 4.74 Å². The predicted molar refractivity (Wildman–Crippen MR) is 77.8 cm³/mol. The van der Waals surface area contributed by atoms with Crippen molar-refractivity contribution in [3.8, 4) is 0 Å². The van der Waals surface area contributed by atoms with Crippen molar-refractivity contribution in [2.45, 2.75) is 38.5 Å². The Labute approximate surface area is 120 Å². The predicted octanol–water partition coefficient (Wildman–Crippen LogP) is 4.51. The van der Waals surface area contributed by atoms with Crippen LogP contribution in [0.2, 0.25) is 5.02 Å². The van der Waals surface area contributed by atoms with E-state index in [1.807, 2.05) is 12.1 Å². The molecule has 0 bridgehead atoms. The zero-order chi connectivity index (χ0) is 13.5. The Bertz CT molecular complexity index is 394. The molecular weight excluding hydrogens is 260 g/mol. The summed E-state index contributed by atoms with van der Waals surface area (Å²) in [6.45, 7) is 1.82. The maximum Gasteiger partial charge on any atom is 0.162 e. The topological polar surface area (TPSA) is 26.3 Å². The molecule has 0 N–H and O–H groups in total. The van der Waals surface area contributed by atoms with Crippen molar-refractivity contribution in [3.63, 3.8) is 0 Å². The minimum Gasteiger partial charge on any atom is -0.381 e. The van der Waals surface area contributed by atoms with Crippen molar-refractivity contribution in [2.24, 2.45) is 5.92 Å². The SMILES string of the molecule is O=C(CCCCC1CCOCC1)c1ccc(Cl)cc1. The highest BCUT2D eigenvalue weighted by molar-refractivity contribution is 6.30. The highest BCUT2D eigenvalue weighted by atomic mass is 35.5. The molecule has 2 rings (SSSR count). The van der Waals surface area contributed by atoms with Crippen LogP contribution < -0.4 is 0 Å². The number of hydrogen-bond acceptors (Lipinski definition) is 2. The number of halogens is 1. The Morgan fingerprint density at radius 1 is 1.16 bits per heavy atom. The number of rotatable bonds is 6. The molecule has 1 aromatic rings. The number of Topliss-reactive ketones (excluding diaryl/α,β-unsaturated/α-hetero) is 1. The van der Waals surface area contributed by atoms with Crippen molar-refractivity contribution in [3.05, 3.63) is 34.9 Å². The van der Waals surface area contributed by atoms with Gasteiger partial charge in [0.05, 0.1) is 0 Å². The molecule has 104 valence electrons. The van der Waals surface area contributed by atoms with Gasteiger partial charge in [-0.3, -0.25) is 4.79 Å². The van der Waals surface area contributed by atoms with E-state index in [9.17, 15) is 4.79 Å². The molecule has 0 radical (unpaired) electrons. The van der Waals surface area contributed by atoms with Crippen LogP contribution in [-0.4, -0.2) is 19.0 Å². The van der Waals surface area contributed by atoms with Crippen molar-refractivity contribution in [1.29, 1.82) is 0 Å². The van der Waals surface area contributed by atoms with Crippen molar-refractivity contribution in [2.75, 3.05) is 13.2 Å². The lowest BCUT2D eigenvalue weighted by Crippen LogP contribution is -2.15. The van der Waals surface area contributed by atoms with E-state index >= 15 is 0 Å². The van der Waals surface area contributed by atoms with Crippen LogP contribution in [0.25, 0.3) is 0 Å². The molecule has 1 saturated heterocycles. The van der Waals surface area contributed by atoms with Gasteiger partial charge in [0.25, 0.3) is 0 Å². The fourth-order valence-corrected chi connectivity index (χ4v) is 2.66. The molecule has 0 aliphatic carbocycles. The smallest absolute Gasteiger partial charge is 0.162 e. The highest BCUT2D eigenvalue weighted by Gasteiger charge is 2.13. The van der Waals surface area contributed by atoms with E-state index in [1.54, 1.807) is 12.1 Å². The zero-order valence-electron chi connectivity index (χ0n) is 11.2. The summed E-state index contributed by atoms with van der Waals surface area (Å²) in [6.07, 6.45) is 6.38. The van der Waals surface area contributed by atoms with Crippen molar-refractivity contribution < 1.29 is 9.53 Å². The Morgan fingerprint density at radius 2 is 1.84 bits per heavy atom. The van der Waals surface area contributed by atoms with Gasteiger partial charge in [-0.1, -0.05) is 24.4 Å². The van der Waals surface area contributed by atoms with E-state index in [-0.39, 0.29) is 5.78 Å². The molecule has 2 nitrogen and oxygen atoms in total. The van der Waals surface area contributed by atoms with Gasteiger partial charge in [-0.25, -0.2) is 0 Å². The van der Waals surface area contributed by atoms with Gasteiger partial charge < -0.3 is 4.74 Å². The van der Waals surface area contributed by atoms with E-state index in [0.29, 0.717) is 11.4 Å². The normalized spacial score (nSPS) is 16.5. The van der Waals surface area contributed by atoms with Crippen LogP contribution in [0.1, 0.15) is 48.9 Å². The van der Waals surface area contributed by atoms with E-state index in [2.05, 4.69) is 0 Å². The number of hydrogen-bond donors (Lipinski definition) is 0.